The number of nitrogens with two attached hydrogens (primary N) is 1. The van der Waals surface area contributed by atoms with Gasteiger partial charge in [0, 0.05) is 12.7 Å². The molecule has 3 aliphatic heterocycles. The highest BCUT2D eigenvalue weighted by atomic mass is 16.2. The third-order valence-electron chi connectivity index (χ3n) is 3.88. The van der Waals surface area contributed by atoms with Crippen LogP contribution in [0.3, 0.4) is 0 Å². The van der Waals surface area contributed by atoms with Crippen molar-refractivity contribution in [1.29, 1.82) is 0 Å². The van der Waals surface area contributed by atoms with Crippen LogP contribution in [0.2, 0.25) is 0 Å². The third kappa shape index (κ3) is 1.81. The SMILES string of the molecule is CC1(n2cnc3nncc-3c2)CCCCN1C(N)=O. The molecule has 7 heteroatoms. The number of aromatic nitrogens is 4. The Bertz CT molecular complexity index is 581. The maximum atomic E-state index is 11.6. The first-order valence-corrected chi connectivity index (χ1v) is 6.34. The van der Waals surface area contributed by atoms with Gasteiger partial charge in [-0.1, -0.05) is 0 Å². The van der Waals surface area contributed by atoms with Crippen molar-refractivity contribution in [2.24, 2.45) is 5.73 Å². The Morgan fingerprint density at radius 2 is 2.32 bits per heavy atom. The molecule has 2 amide bonds. The van der Waals surface area contributed by atoms with Gasteiger partial charge in [0.25, 0.3) is 0 Å². The van der Waals surface area contributed by atoms with Crippen molar-refractivity contribution in [2.45, 2.75) is 31.8 Å². The molecule has 100 valence electrons. The summed E-state index contributed by atoms with van der Waals surface area (Å²) < 4.78 is 1.93. The van der Waals surface area contributed by atoms with Crippen LogP contribution < -0.4 is 5.73 Å². The second-order valence-electron chi connectivity index (χ2n) is 5.07. The Morgan fingerprint density at radius 1 is 1.47 bits per heavy atom. The van der Waals surface area contributed by atoms with E-state index in [1.54, 1.807) is 17.4 Å². The quantitative estimate of drug-likeness (QED) is 0.828. The molecule has 1 fully saturated rings. The van der Waals surface area contributed by atoms with E-state index >= 15 is 0 Å². The predicted molar refractivity (Wildman–Crippen MR) is 68.2 cm³/mol. The number of carbonyl (C=O) groups is 1. The predicted octanol–water partition coefficient (Wildman–Crippen LogP) is 1.02. The number of likely N-dealkylation sites (tertiary alicyclic amines) is 1. The Morgan fingerprint density at radius 3 is 3.11 bits per heavy atom. The largest absolute Gasteiger partial charge is 0.351 e. The Hall–Kier alpha value is -2.18. The average Bonchev–Trinajstić information content (AvgIpc) is 2.86. The lowest BCUT2D eigenvalue weighted by atomic mass is 9.96. The van der Waals surface area contributed by atoms with Gasteiger partial charge in [0.2, 0.25) is 0 Å². The molecule has 1 saturated heterocycles. The summed E-state index contributed by atoms with van der Waals surface area (Å²) in [6.45, 7) is 2.68. The Balaban J connectivity index is 2.06. The van der Waals surface area contributed by atoms with Gasteiger partial charge in [-0.2, -0.15) is 5.10 Å². The zero-order chi connectivity index (χ0) is 13.5. The lowest BCUT2D eigenvalue weighted by Crippen LogP contribution is -2.55. The van der Waals surface area contributed by atoms with Gasteiger partial charge in [0.05, 0.1) is 18.1 Å². The maximum absolute atomic E-state index is 11.6. The van der Waals surface area contributed by atoms with Crippen LogP contribution in [0.5, 0.6) is 0 Å². The van der Waals surface area contributed by atoms with Crippen molar-refractivity contribution in [3.8, 4) is 11.4 Å². The van der Waals surface area contributed by atoms with Crippen molar-refractivity contribution >= 4 is 6.03 Å². The highest BCUT2D eigenvalue weighted by Crippen LogP contribution is 2.33. The van der Waals surface area contributed by atoms with Crippen LogP contribution in [0.4, 0.5) is 4.79 Å². The summed E-state index contributed by atoms with van der Waals surface area (Å²) in [4.78, 5) is 17.6. The lowest BCUT2D eigenvalue weighted by molar-refractivity contribution is 0.0338. The minimum absolute atomic E-state index is 0.395. The summed E-state index contributed by atoms with van der Waals surface area (Å²) in [6, 6.07) is -0.395. The monoisotopic (exact) mass is 260 g/mol. The maximum Gasteiger partial charge on any atom is 0.316 e. The number of hydrogen-bond donors (Lipinski definition) is 1. The van der Waals surface area contributed by atoms with Gasteiger partial charge in [0.15, 0.2) is 5.82 Å². The second-order valence-corrected chi connectivity index (χ2v) is 5.07. The van der Waals surface area contributed by atoms with Crippen molar-refractivity contribution in [2.75, 3.05) is 6.54 Å². The van der Waals surface area contributed by atoms with E-state index in [1.165, 1.54) is 0 Å². The van der Waals surface area contributed by atoms with E-state index in [0.717, 1.165) is 24.8 Å². The molecular formula is C12H16N6O. The Kier molecular flexibility index (Phi) is 2.62. The highest BCUT2D eigenvalue weighted by Gasteiger charge is 2.38. The first-order valence-electron chi connectivity index (χ1n) is 6.34. The number of amides is 2. The van der Waals surface area contributed by atoms with Crippen molar-refractivity contribution in [3.05, 3.63) is 18.7 Å². The summed E-state index contributed by atoms with van der Waals surface area (Å²) in [7, 11) is 0. The minimum atomic E-state index is -0.470. The van der Waals surface area contributed by atoms with Crippen LogP contribution in [0, 0.1) is 0 Å². The molecule has 0 saturated carbocycles. The Labute approximate surface area is 110 Å². The van der Waals surface area contributed by atoms with Crippen LogP contribution in [0.15, 0.2) is 18.7 Å². The second kappa shape index (κ2) is 4.18. The minimum Gasteiger partial charge on any atom is -0.351 e. The third-order valence-corrected chi connectivity index (χ3v) is 3.88. The summed E-state index contributed by atoms with van der Waals surface area (Å²) in [5.41, 5.74) is 5.89. The van der Waals surface area contributed by atoms with Crippen LogP contribution in [-0.4, -0.2) is 37.2 Å². The topological polar surface area (TPSA) is 89.9 Å². The van der Waals surface area contributed by atoms with Gasteiger partial charge in [-0.25, -0.2) is 9.78 Å². The van der Waals surface area contributed by atoms with Gasteiger partial charge >= 0.3 is 6.03 Å². The van der Waals surface area contributed by atoms with Crippen LogP contribution in [0.25, 0.3) is 11.4 Å². The van der Waals surface area contributed by atoms with Crippen LogP contribution >= 0.6 is 0 Å². The van der Waals surface area contributed by atoms with E-state index in [-0.39, 0.29) is 0 Å². The first kappa shape index (κ1) is 11.9. The van der Waals surface area contributed by atoms with Gasteiger partial charge in [-0.15, -0.1) is 5.10 Å². The van der Waals surface area contributed by atoms with Crippen LogP contribution in [0.1, 0.15) is 26.2 Å². The summed E-state index contributed by atoms with van der Waals surface area (Å²) in [6.07, 6.45) is 8.17. The molecule has 0 bridgehead atoms. The smallest absolute Gasteiger partial charge is 0.316 e. The molecule has 3 rings (SSSR count). The van der Waals surface area contributed by atoms with E-state index in [2.05, 4.69) is 15.2 Å². The number of fused-ring (bicyclic) bond motifs is 1. The molecule has 1 unspecified atom stereocenters. The normalized spacial score (nSPS) is 23.7. The zero-order valence-electron chi connectivity index (χ0n) is 10.8. The fourth-order valence-electron chi connectivity index (χ4n) is 2.74. The van der Waals surface area contributed by atoms with Crippen molar-refractivity contribution in [3.63, 3.8) is 0 Å². The van der Waals surface area contributed by atoms with Gasteiger partial charge in [0.1, 0.15) is 5.66 Å². The lowest BCUT2D eigenvalue weighted by Gasteiger charge is -2.45. The molecule has 0 radical (unpaired) electrons. The van der Waals surface area contributed by atoms with Gasteiger partial charge in [-0.3, -0.25) is 0 Å². The number of primary amides is 1. The molecule has 7 nitrogen and oxygen atoms in total. The number of piperidine rings is 1. The fourth-order valence-corrected chi connectivity index (χ4v) is 2.74. The van der Waals surface area contributed by atoms with Gasteiger partial charge < -0.3 is 15.2 Å². The molecule has 2 N–H and O–H groups in total. The molecule has 0 spiro atoms. The molecule has 19 heavy (non-hydrogen) atoms. The number of nitrogens with zero attached hydrogens (tertiary/aromatic N) is 5. The van der Waals surface area contributed by atoms with Gasteiger partial charge in [-0.05, 0) is 26.2 Å². The standard InChI is InChI=1S/C12H16N6O/c1-12(4-2-3-5-18(12)11(13)19)17-7-9-6-15-16-10(9)14-8-17/h6-8H,2-5H2,1H3,(H2,13,19). The summed E-state index contributed by atoms with van der Waals surface area (Å²) in [5.74, 6) is 0.612. The molecule has 0 aromatic heterocycles. The van der Waals surface area contributed by atoms with Crippen molar-refractivity contribution in [1.82, 2.24) is 24.6 Å². The number of hydrogen-bond acceptors (Lipinski definition) is 4. The summed E-state index contributed by atoms with van der Waals surface area (Å²) in [5, 5.41) is 7.74. The van der Waals surface area contributed by atoms with E-state index < -0.39 is 11.7 Å². The molecule has 0 aromatic carbocycles. The van der Waals surface area contributed by atoms with E-state index in [4.69, 9.17) is 5.73 Å². The zero-order valence-corrected chi connectivity index (χ0v) is 10.8. The number of urea groups is 1. The van der Waals surface area contributed by atoms with Crippen molar-refractivity contribution < 1.29 is 4.79 Å². The van der Waals surface area contributed by atoms with E-state index in [1.807, 2.05) is 17.7 Å². The molecule has 3 heterocycles. The summed E-state index contributed by atoms with van der Waals surface area (Å²) >= 11 is 0. The number of rotatable bonds is 1. The highest BCUT2D eigenvalue weighted by molar-refractivity contribution is 5.72. The average molecular weight is 260 g/mol. The molecular weight excluding hydrogens is 244 g/mol. The van der Waals surface area contributed by atoms with E-state index in [0.29, 0.717) is 12.4 Å². The van der Waals surface area contributed by atoms with Crippen LogP contribution in [-0.2, 0) is 5.66 Å². The van der Waals surface area contributed by atoms with E-state index in [9.17, 15) is 4.79 Å². The first-order chi connectivity index (χ1) is 9.11. The number of carbonyl (C=O) groups excluding carboxylic acids is 1. The molecule has 1 atom stereocenters. The molecule has 0 aliphatic carbocycles. The molecule has 3 aliphatic rings. The fraction of sp³-hybridized carbons (Fsp3) is 0.500. The molecule has 0 aromatic rings.